The Morgan fingerprint density at radius 3 is 3.07 bits per heavy atom. The normalized spacial score (nSPS) is 12.7. The molecule has 1 aromatic heterocycles. The number of aliphatic hydroxyl groups excluding tert-OH is 1. The van der Waals surface area contributed by atoms with Crippen LogP contribution in [-0.2, 0) is 11.2 Å². The van der Waals surface area contributed by atoms with Gasteiger partial charge < -0.3 is 9.84 Å². The fraction of sp³-hybridized carbons (Fsp3) is 0.545. The third-order valence-electron chi connectivity index (χ3n) is 2.00. The monoisotopic (exact) mass is 195 g/mol. The second-order valence-electron chi connectivity index (χ2n) is 3.21. The Morgan fingerprint density at radius 1 is 1.57 bits per heavy atom. The van der Waals surface area contributed by atoms with E-state index in [4.69, 9.17) is 4.74 Å². The number of nitrogens with zero attached hydrogens (tertiary/aromatic N) is 1. The van der Waals surface area contributed by atoms with Crippen LogP contribution in [0.4, 0.5) is 0 Å². The summed E-state index contributed by atoms with van der Waals surface area (Å²) in [5.74, 6) is 0. The van der Waals surface area contributed by atoms with Gasteiger partial charge in [0.1, 0.15) is 0 Å². The van der Waals surface area contributed by atoms with Crippen molar-refractivity contribution in [2.45, 2.75) is 25.9 Å². The highest BCUT2D eigenvalue weighted by Crippen LogP contribution is 2.03. The van der Waals surface area contributed by atoms with Gasteiger partial charge in [0.2, 0.25) is 0 Å². The van der Waals surface area contributed by atoms with Gasteiger partial charge >= 0.3 is 0 Å². The number of ether oxygens (including phenoxy) is 1. The molecule has 0 fully saturated rings. The molecule has 3 heteroatoms. The van der Waals surface area contributed by atoms with Crippen LogP contribution in [0.2, 0.25) is 0 Å². The number of rotatable bonds is 6. The zero-order valence-corrected chi connectivity index (χ0v) is 8.52. The summed E-state index contributed by atoms with van der Waals surface area (Å²) < 4.78 is 5.12. The van der Waals surface area contributed by atoms with Crippen molar-refractivity contribution >= 4 is 0 Å². The molecule has 1 aromatic rings. The molecule has 0 aliphatic carbocycles. The van der Waals surface area contributed by atoms with Crippen molar-refractivity contribution < 1.29 is 9.84 Å². The summed E-state index contributed by atoms with van der Waals surface area (Å²) in [6.45, 7) is 3.01. The maximum Gasteiger partial charge on any atom is 0.0776 e. The summed E-state index contributed by atoms with van der Waals surface area (Å²) in [6, 6.07) is 3.92. The van der Waals surface area contributed by atoms with Gasteiger partial charge in [0.25, 0.3) is 0 Å². The van der Waals surface area contributed by atoms with Crippen LogP contribution in [-0.4, -0.2) is 29.4 Å². The summed E-state index contributed by atoms with van der Waals surface area (Å²) in [6.07, 6.45) is 4.79. The van der Waals surface area contributed by atoms with Crippen LogP contribution in [0.3, 0.4) is 0 Å². The maximum atomic E-state index is 9.50. The van der Waals surface area contributed by atoms with Gasteiger partial charge in [-0.1, -0.05) is 6.07 Å². The molecule has 1 unspecified atom stereocenters. The number of pyridine rings is 1. The van der Waals surface area contributed by atoms with Crippen LogP contribution < -0.4 is 0 Å². The van der Waals surface area contributed by atoms with Crippen molar-refractivity contribution in [1.82, 2.24) is 4.98 Å². The third kappa shape index (κ3) is 4.35. The SMILES string of the molecule is CCOCC(O)CCc1cccnc1. The van der Waals surface area contributed by atoms with E-state index in [-0.39, 0.29) is 6.10 Å². The van der Waals surface area contributed by atoms with Crippen LogP contribution in [0.25, 0.3) is 0 Å². The number of aryl methyl sites for hydroxylation is 1. The van der Waals surface area contributed by atoms with Crippen LogP contribution in [0.5, 0.6) is 0 Å². The molecule has 1 rings (SSSR count). The number of aromatic nitrogens is 1. The zero-order chi connectivity index (χ0) is 10.2. The Morgan fingerprint density at radius 2 is 2.43 bits per heavy atom. The molecule has 3 nitrogen and oxygen atoms in total. The van der Waals surface area contributed by atoms with E-state index < -0.39 is 0 Å². The Kier molecular flexibility index (Phi) is 5.19. The van der Waals surface area contributed by atoms with Gasteiger partial charge in [0, 0.05) is 19.0 Å². The molecule has 0 saturated carbocycles. The maximum absolute atomic E-state index is 9.50. The van der Waals surface area contributed by atoms with Crippen molar-refractivity contribution in [2.75, 3.05) is 13.2 Å². The Bertz CT molecular complexity index is 238. The molecular weight excluding hydrogens is 178 g/mol. The predicted octanol–water partition coefficient (Wildman–Crippen LogP) is 1.41. The molecule has 0 saturated heterocycles. The highest BCUT2D eigenvalue weighted by atomic mass is 16.5. The summed E-state index contributed by atoms with van der Waals surface area (Å²) in [5, 5.41) is 9.50. The van der Waals surface area contributed by atoms with Crippen LogP contribution in [0, 0.1) is 0 Å². The first-order valence-corrected chi connectivity index (χ1v) is 4.97. The lowest BCUT2D eigenvalue weighted by molar-refractivity contribution is 0.0384. The van der Waals surface area contributed by atoms with Crippen LogP contribution in [0.1, 0.15) is 18.9 Å². The average Bonchev–Trinajstić information content (AvgIpc) is 2.25. The lowest BCUT2D eigenvalue weighted by Gasteiger charge is -2.09. The quantitative estimate of drug-likeness (QED) is 0.746. The van der Waals surface area contributed by atoms with E-state index in [1.165, 1.54) is 0 Å². The minimum atomic E-state index is -0.366. The number of aliphatic hydroxyl groups is 1. The van der Waals surface area contributed by atoms with Gasteiger partial charge in [-0.25, -0.2) is 0 Å². The van der Waals surface area contributed by atoms with Crippen molar-refractivity contribution in [2.24, 2.45) is 0 Å². The van der Waals surface area contributed by atoms with Gasteiger partial charge in [-0.05, 0) is 31.4 Å². The molecule has 0 aromatic carbocycles. The highest BCUT2D eigenvalue weighted by molar-refractivity contribution is 5.08. The fourth-order valence-corrected chi connectivity index (χ4v) is 1.22. The number of hydrogen-bond acceptors (Lipinski definition) is 3. The van der Waals surface area contributed by atoms with Crippen LogP contribution in [0.15, 0.2) is 24.5 Å². The molecule has 1 N–H and O–H groups in total. The largest absolute Gasteiger partial charge is 0.391 e. The van der Waals surface area contributed by atoms with Gasteiger partial charge in [-0.15, -0.1) is 0 Å². The molecule has 1 heterocycles. The van der Waals surface area contributed by atoms with Gasteiger partial charge in [0.05, 0.1) is 12.7 Å². The fourth-order valence-electron chi connectivity index (χ4n) is 1.22. The van der Waals surface area contributed by atoms with Crippen molar-refractivity contribution in [3.8, 4) is 0 Å². The Hall–Kier alpha value is -0.930. The van der Waals surface area contributed by atoms with Crippen molar-refractivity contribution in [3.63, 3.8) is 0 Å². The first kappa shape index (κ1) is 11.1. The molecule has 0 radical (unpaired) electrons. The van der Waals surface area contributed by atoms with E-state index in [2.05, 4.69) is 4.98 Å². The van der Waals surface area contributed by atoms with E-state index in [1.807, 2.05) is 25.3 Å². The minimum Gasteiger partial charge on any atom is -0.391 e. The third-order valence-corrected chi connectivity index (χ3v) is 2.00. The Labute approximate surface area is 84.7 Å². The molecule has 0 spiro atoms. The van der Waals surface area contributed by atoms with Gasteiger partial charge in [-0.3, -0.25) is 4.98 Å². The summed E-state index contributed by atoms with van der Waals surface area (Å²) in [4.78, 5) is 4.01. The average molecular weight is 195 g/mol. The number of hydrogen-bond donors (Lipinski definition) is 1. The molecule has 1 atom stereocenters. The lowest BCUT2D eigenvalue weighted by atomic mass is 10.1. The topological polar surface area (TPSA) is 42.4 Å². The highest BCUT2D eigenvalue weighted by Gasteiger charge is 2.03. The molecular formula is C11H17NO2. The first-order chi connectivity index (χ1) is 6.83. The van der Waals surface area contributed by atoms with Crippen molar-refractivity contribution in [1.29, 1.82) is 0 Å². The predicted molar refractivity (Wildman–Crippen MR) is 55.1 cm³/mol. The van der Waals surface area contributed by atoms with Gasteiger partial charge in [0.15, 0.2) is 0 Å². The first-order valence-electron chi connectivity index (χ1n) is 4.97. The van der Waals surface area contributed by atoms with Gasteiger partial charge in [-0.2, -0.15) is 0 Å². The summed E-state index contributed by atoms with van der Waals surface area (Å²) >= 11 is 0. The van der Waals surface area contributed by atoms with E-state index in [9.17, 15) is 5.11 Å². The second kappa shape index (κ2) is 6.51. The van der Waals surface area contributed by atoms with E-state index in [0.717, 1.165) is 18.4 Å². The van der Waals surface area contributed by atoms with Crippen LogP contribution >= 0.6 is 0 Å². The molecule has 0 aliphatic heterocycles. The van der Waals surface area contributed by atoms with E-state index in [0.29, 0.717) is 13.2 Å². The molecule has 14 heavy (non-hydrogen) atoms. The summed E-state index contributed by atoms with van der Waals surface area (Å²) in [7, 11) is 0. The second-order valence-corrected chi connectivity index (χ2v) is 3.21. The standard InChI is InChI=1S/C11H17NO2/c1-2-14-9-11(13)6-5-10-4-3-7-12-8-10/h3-4,7-8,11,13H,2,5-6,9H2,1H3. The molecule has 0 bridgehead atoms. The molecule has 0 aliphatic rings. The lowest BCUT2D eigenvalue weighted by Crippen LogP contribution is -2.16. The molecule has 0 amide bonds. The van der Waals surface area contributed by atoms with E-state index >= 15 is 0 Å². The van der Waals surface area contributed by atoms with Crippen molar-refractivity contribution in [3.05, 3.63) is 30.1 Å². The van der Waals surface area contributed by atoms with E-state index in [1.54, 1.807) is 6.20 Å². The smallest absolute Gasteiger partial charge is 0.0776 e. The zero-order valence-electron chi connectivity index (χ0n) is 8.52. The summed E-state index contributed by atoms with van der Waals surface area (Å²) in [5.41, 5.74) is 1.16. The Balaban J connectivity index is 2.20. The minimum absolute atomic E-state index is 0.366. The molecule has 78 valence electrons.